The second-order valence-corrected chi connectivity index (χ2v) is 4.10. The summed E-state index contributed by atoms with van der Waals surface area (Å²) in [5.41, 5.74) is 1.76. The Morgan fingerprint density at radius 1 is 1.17 bits per heavy atom. The minimum absolute atomic E-state index is 0.155. The number of para-hydroxylation sites is 1. The van der Waals surface area contributed by atoms with Crippen molar-refractivity contribution in [3.63, 3.8) is 0 Å². The van der Waals surface area contributed by atoms with Crippen LogP contribution in [-0.4, -0.2) is 10.2 Å². The van der Waals surface area contributed by atoms with Crippen LogP contribution in [0.1, 0.15) is 11.1 Å². The maximum absolute atomic E-state index is 13.3. The first-order valence-electron chi connectivity index (χ1n) is 5.58. The molecule has 0 radical (unpaired) electrons. The molecule has 0 unspecified atom stereocenters. The maximum Gasteiger partial charge on any atom is 0.162 e. The van der Waals surface area contributed by atoms with E-state index in [2.05, 4.69) is 5.32 Å². The van der Waals surface area contributed by atoms with Gasteiger partial charge in [-0.25, -0.2) is 4.39 Å². The molecule has 0 amide bonds. The minimum atomic E-state index is -0.278. The molecule has 2 aromatic carbocycles. The monoisotopic (exact) mass is 247 g/mol. The lowest BCUT2D eigenvalue weighted by Gasteiger charge is -2.09. The summed E-state index contributed by atoms with van der Waals surface area (Å²) in [5, 5.41) is 21.9. The lowest BCUT2D eigenvalue weighted by atomic mass is 10.1. The number of rotatable bonds is 3. The summed E-state index contributed by atoms with van der Waals surface area (Å²) < 4.78 is 13.3. The van der Waals surface area contributed by atoms with Gasteiger partial charge in [0.1, 0.15) is 5.82 Å². The van der Waals surface area contributed by atoms with Gasteiger partial charge in [-0.1, -0.05) is 18.2 Å². The number of benzene rings is 2. The lowest BCUT2D eigenvalue weighted by Crippen LogP contribution is -2.00. The van der Waals surface area contributed by atoms with Crippen LogP contribution in [0.5, 0.6) is 11.5 Å². The van der Waals surface area contributed by atoms with E-state index in [1.807, 2.05) is 0 Å². The van der Waals surface area contributed by atoms with E-state index in [9.17, 15) is 14.6 Å². The normalized spacial score (nSPS) is 10.3. The molecule has 0 aliphatic carbocycles. The second kappa shape index (κ2) is 4.96. The van der Waals surface area contributed by atoms with Gasteiger partial charge in [0.15, 0.2) is 11.5 Å². The highest BCUT2D eigenvalue weighted by Gasteiger charge is 2.05. The van der Waals surface area contributed by atoms with E-state index >= 15 is 0 Å². The summed E-state index contributed by atoms with van der Waals surface area (Å²) in [6.45, 7) is 2.00. The number of aryl methyl sites for hydroxylation is 1. The molecule has 0 aliphatic heterocycles. The van der Waals surface area contributed by atoms with Crippen LogP contribution in [0, 0.1) is 12.7 Å². The van der Waals surface area contributed by atoms with Crippen LogP contribution >= 0.6 is 0 Å². The molecular weight excluding hydrogens is 233 g/mol. The predicted molar refractivity (Wildman–Crippen MR) is 68.2 cm³/mol. The molecule has 2 aromatic rings. The average Bonchev–Trinajstić information content (AvgIpc) is 2.35. The Kier molecular flexibility index (Phi) is 3.37. The number of phenols is 2. The van der Waals surface area contributed by atoms with Crippen molar-refractivity contribution < 1.29 is 14.6 Å². The van der Waals surface area contributed by atoms with Gasteiger partial charge < -0.3 is 15.5 Å². The Hall–Kier alpha value is -2.23. The third-order valence-corrected chi connectivity index (χ3v) is 2.75. The Balaban J connectivity index is 2.11. The van der Waals surface area contributed by atoms with Crippen molar-refractivity contribution >= 4 is 5.69 Å². The summed E-state index contributed by atoms with van der Waals surface area (Å²) in [5.74, 6) is -0.595. The smallest absolute Gasteiger partial charge is 0.162 e. The van der Waals surface area contributed by atoms with E-state index in [0.717, 1.165) is 0 Å². The molecule has 4 heteroatoms. The second-order valence-electron chi connectivity index (χ2n) is 4.10. The van der Waals surface area contributed by atoms with Crippen molar-refractivity contribution in [2.45, 2.75) is 13.5 Å². The third kappa shape index (κ3) is 2.53. The Labute approximate surface area is 105 Å². The average molecular weight is 247 g/mol. The summed E-state index contributed by atoms with van der Waals surface area (Å²) in [4.78, 5) is 0. The summed E-state index contributed by atoms with van der Waals surface area (Å²) in [6, 6.07) is 9.58. The molecule has 0 heterocycles. The zero-order valence-corrected chi connectivity index (χ0v) is 9.94. The van der Waals surface area contributed by atoms with Gasteiger partial charge in [-0.3, -0.25) is 0 Å². The van der Waals surface area contributed by atoms with Crippen LogP contribution in [-0.2, 0) is 6.54 Å². The summed E-state index contributed by atoms with van der Waals surface area (Å²) in [7, 11) is 0. The fourth-order valence-electron chi connectivity index (χ4n) is 1.62. The van der Waals surface area contributed by atoms with E-state index in [1.165, 1.54) is 12.1 Å². The van der Waals surface area contributed by atoms with Crippen LogP contribution in [0.15, 0.2) is 36.4 Å². The topological polar surface area (TPSA) is 52.5 Å². The largest absolute Gasteiger partial charge is 0.504 e. The summed E-state index contributed by atoms with van der Waals surface area (Å²) >= 11 is 0. The van der Waals surface area contributed by atoms with Crippen LogP contribution in [0.2, 0.25) is 0 Å². The van der Waals surface area contributed by atoms with Crippen molar-refractivity contribution in [1.29, 1.82) is 0 Å². The molecule has 0 bridgehead atoms. The molecule has 94 valence electrons. The highest BCUT2D eigenvalue weighted by Crippen LogP contribution is 2.28. The molecule has 0 spiro atoms. The van der Waals surface area contributed by atoms with E-state index in [0.29, 0.717) is 23.4 Å². The molecule has 2 rings (SSSR count). The number of hydrogen-bond acceptors (Lipinski definition) is 3. The molecule has 3 nitrogen and oxygen atoms in total. The molecule has 0 fully saturated rings. The number of halogens is 1. The molecule has 3 N–H and O–H groups in total. The van der Waals surface area contributed by atoms with Crippen molar-refractivity contribution in [2.24, 2.45) is 0 Å². The minimum Gasteiger partial charge on any atom is -0.504 e. The molecule has 0 aliphatic rings. The highest BCUT2D eigenvalue weighted by molar-refractivity contribution is 5.49. The molecule has 18 heavy (non-hydrogen) atoms. The van der Waals surface area contributed by atoms with Crippen molar-refractivity contribution in [1.82, 2.24) is 0 Å². The lowest BCUT2D eigenvalue weighted by molar-refractivity contribution is 0.400. The predicted octanol–water partition coefficient (Wildman–Crippen LogP) is 3.16. The molecule has 0 saturated heterocycles. The first-order valence-corrected chi connectivity index (χ1v) is 5.58. The van der Waals surface area contributed by atoms with Gasteiger partial charge in [-0.05, 0) is 30.7 Å². The quantitative estimate of drug-likeness (QED) is 0.730. The number of nitrogens with one attached hydrogen (secondary N) is 1. The number of phenolic OH excluding ortho intramolecular Hbond substituents is 2. The van der Waals surface area contributed by atoms with Crippen LogP contribution in [0.3, 0.4) is 0 Å². The zero-order chi connectivity index (χ0) is 13.1. The molecule has 0 aromatic heterocycles. The highest BCUT2D eigenvalue weighted by atomic mass is 19.1. The van der Waals surface area contributed by atoms with Crippen LogP contribution in [0.25, 0.3) is 0 Å². The SMILES string of the molecule is Cc1ccc(NCc2cccc(O)c2O)cc1F. The summed E-state index contributed by atoms with van der Waals surface area (Å²) in [6.07, 6.45) is 0. The van der Waals surface area contributed by atoms with Gasteiger partial charge >= 0.3 is 0 Å². The van der Waals surface area contributed by atoms with Gasteiger partial charge in [0.2, 0.25) is 0 Å². The van der Waals surface area contributed by atoms with E-state index in [-0.39, 0.29) is 17.3 Å². The molecule has 0 atom stereocenters. The standard InChI is InChI=1S/C14H14FNO2/c1-9-5-6-11(7-12(9)15)16-8-10-3-2-4-13(17)14(10)18/h2-7,16-18H,8H2,1H3. The van der Waals surface area contributed by atoms with Crippen LogP contribution in [0.4, 0.5) is 10.1 Å². The first-order chi connectivity index (χ1) is 8.58. The fourth-order valence-corrected chi connectivity index (χ4v) is 1.62. The Morgan fingerprint density at radius 3 is 2.67 bits per heavy atom. The fraction of sp³-hybridized carbons (Fsp3) is 0.143. The third-order valence-electron chi connectivity index (χ3n) is 2.75. The number of hydrogen-bond donors (Lipinski definition) is 3. The van der Waals surface area contributed by atoms with Gasteiger partial charge in [0, 0.05) is 17.8 Å². The van der Waals surface area contributed by atoms with Crippen molar-refractivity contribution in [3.05, 3.63) is 53.3 Å². The van der Waals surface area contributed by atoms with Gasteiger partial charge in [0.05, 0.1) is 0 Å². The van der Waals surface area contributed by atoms with Crippen molar-refractivity contribution in [2.75, 3.05) is 5.32 Å². The molecule has 0 saturated carbocycles. The van der Waals surface area contributed by atoms with Crippen LogP contribution < -0.4 is 5.32 Å². The zero-order valence-electron chi connectivity index (χ0n) is 9.94. The first kappa shape index (κ1) is 12.2. The number of aromatic hydroxyl groups is 2. The Bertz CT molecular complexity index is 570. The van der Waals surface area contributed by atoms with Gasteiger partial charge in [-0.2, -0.15) is 0 Å². The van der Waals surface area contributed by atoms with Gasteiger partial charge in [-0.15, -0.1) is 0 Å². The Morgan fingerprint density at radius 2 is 1.94 bits per heavy atom. The molecular formula is C14H14FNO2. The van der Waals surface area contributed by atoms with E-state index < -0.39 is 0 Å². The maximum atomic E-state index is 13.3. The van der Waals surface area contributed by atoms with Gasteiger partial charge in [0.25, 0.3) is 0 Å². The van der Waals surface area contributed by atoms with Crippen molar-refractivity contribution in [3.8, 4) is 11.5 Å². The van der Waals surface area contributed by atoms with E-state index in [1.54, 1.807) is 31.2 Å². The number of anilines is 1. The van der Waals surface area contributed by atoms with E-state index in [4.69, 9.17) is 0 Å².